The number of benzene rings is 1. The molecule has 84 valence electrons. The zero-order valence-electron chi connectivity index (χ0n) is 7.34. The lowest BCUT2D eigenvalue weighted by atomic mass is 10.3. The van der Waals surface area contributed by atoms with Crippen molar-refractivity contribution >= 4 is 27.3 Å². The van der Waals surface area contributed by atoms with Crippen molar-refractivity contribution in [2.75, 3.05) is 10.8 Å². The summed E-state index contributed by atoms with van der Waals surface area (Å²) < 4.78 is 59.5. The van der Waals surface area contributed by atoms with E-state index >= 15 is 0 Å². The minimum absolute atomic E-state index is 0.513. The Morgan fingerprint density at radius 2 is 1.80 bits per heavy atom. The molecule has 1 rings (SSSR count). The molecule has 0 radical (unpaired) electrons. The van der Waals surface area contributed by atoms with Crippen LogP contribution in [0.2, 0.25) is 5.02 Å². The van der Waals surface area contributed by atoms with Crippen molar-refractivity contribution in [1.82, 2.24) is 0 Å². The van der Waals surface area contributed by atoms with Crippen LogP contribution in [0.3, 0.4) is 0 Å². The summed E-state index contributed by atoms with van der Waals surface area (Å²) in [6.07, 6.45) is 0.513. The number of hydrogen-bond acceptors (Lipinski definition) is 2. The van der Waals surface area contributed by atoms with Crippen molar-refractivity contribution in [3.63, 3.8) is 0 Å². The third-order valence-corrected chi connectivity index (χ3v) is 2.57. The van der Waals surface area contributed by atoms with Crippen LogP contribution in [0.5, 0.6) is 0 Å². The average molecular weight is 260 g/mol. The predicted molar refractivity (Wildman–Crippen MR) is 49.8 cm³/mol. The highest BCUT2D eigenvalue weighted by Crippen LogP contribution is 2.28. The van der Waals surface area contributed by atoms with E-state index in [0.717, 1.165) is 12.1 Å². The van der Waals surface area contributed by atoms with Crippen LogP contribution in [0.25, 0.3) is 0 Å². The van der Waals surface area contributed by atoms with Crippen molar-refractivity contribution in [3.8, 4) is 0 Å². The largest absolute Gasteiger partial charge is 0.258 e. The van der Waals surface area contributed by atoms with Gasteiger partial charge in [0.15, 0.2) is 11.6 Å². The first-order valence-corrected chi connectivity index (χ1v) is 5.77. The summed E-state index contributed by atoms with van der Waals surface area (Å²) in [4.78, 5) is 0. The second-order valence-corrected chi connectivity index (χ2v) is 4.87. The number of nitrogens with zero attached hydrogens (tertiary/aromatic N) is 1. The molecule has 0 N–H and O–H groups in total. The number of hydrogen-bond donors (Lipinski definition) is 0. The number of anilines is 1. The molecular weight excluding hydrogens is 255 g/mol. The van der Waals surface area contributed by atoms with Gasteiger partial charge in [-0.25, -0.2) is 17.2 Å². The molecule has 0 aliphatic rings. The second kappa shape index (κ2) is 3.90. The van der Waals surface area contributed by atoms with Crippen LogP contribution in [0.4, 0.5) is 18.9 Å². The minimum Gasteiger partial charge on any atom is -0.204 e. The third-order valence-electron chi connectivity index (χ3n) is 1.50. The molecule has 0 unspecified atom stereocenters. The van der Waals surface area contributed by atoms with Crippen LogP contribution in [0.15, 0.2) is 12.1 Å². The fraction of sp³-hybridized carbons (Fsp3) is 0.143. The summed E-state index contributed by atoms with van der Waals surface area (Å²) in [5.41, 5.74) is -1.04. The summed E-state index contributed by atoms with van der Waals surface area (Å²) in [6.45, 7) is 0. The van der Waals surface area contributed by atoms with Crippen LogP contribution >= 0.6 is 11.6 Å². The highest BCUT2D eigenvalue weighted by atomic mass is 35.5. The molecule has 0 spiro atoms. The van der Waals surface area contributed by atoms with Crippen LogP contribution in [0, 0.1) is 11.6 Å². The smallest absolute Gasteiger partial charge is 0.204 e. The summed E-state index contributed by atoms with van der Waals surface area (Å²) in [5, 5.41) is -0.557. The van der Waals surface area contributed by atoms with Crippen molar-refractivity contribution in [3.05, 3.63) is 28.8 Å². The third kappa shape index (κ3) is 2.35. The molecule has 0 aliphatic carbocycles. The maximum atomic E-state index is 13.0. The van der Waals surface area contributed by atoms with Gasteiger partial charge in [-0.15, -0.1) is 0 Å². The standard InChI is InChI=1S/C7H5ClF3NO2S/c1-15(13,14)12(11)5-3-2-4(8)6(9)7(5)10/h2-3H,1H3. The fourth-order valence-corrected chi connectivity index (χ4v) is 1.47. The number of sulfonamides is 1. The molecule has 0 heterocycles. The molecule has 1 aromatic rings. The Hall–Kier alpha value is -0.950. The minimum atomic E-state index is -4.29. The molecule has 0 saturated carbocycles. The summed E-state index contributed by atoms with van der Waals surface area (Å²) >= 11 is 5.20. The van der Waals surface area contributed by atoms with Gasteiger partial charge in [-0.2, -0.15) is 0 Å². The molecule has 0 aromatic heterocycles. The van der Waals surface area contributed by atoms with Crippen LogP contribution in [-0.2, 0) is 10.0 Å². The Kier molecular flexibility index (Phi) is 3.15. The van der Waals surface area contributed by atoms with Crippen molar-refractivity contribution in [2.24, 2.45) is 0 Å². The van der Waals surface area contributed by atoms with Crippen molar-refractivity contribution < 1.29 is 21.7 Å². The molecule has 15 heavy (non-hydrogen) atoms. The zero-order valence-corrected chi connectivity index (χ0v) is 8.91. The van der Waals surface area contributed by atoms with Crippen molar-refractivity contribution in [2.45, 2.75) is 0 Å². The van der Waals surface area contributed by atoms with E-state index in [1.54, 1.807) is 0 Å². The quantitative estimate of drug-likeness (QED) is 0.604. The highest BCUT2D eigenvalue weighted by molar-refractivity contribution is 7.91. The van der Waals surface area contributed by atoms with Crippen LogP contribution in [0.1, 0.15) is 0 Å². The molecule has 0 aliphatic heterocycles. The molecular formula is C7H5ClF3NO2S. The van der Waals surface area contributed by atoms with E-state index in [4.69, 9.17) is 11.6 Å². The van der Waals surface area contributed by atoms with E-state index in [1.165, 1.54) is 0 Å². The molecule has 0 atom stereocenters. The molecule has 0 bridgehead atoms. The average Bonchev–Trinajstić information content (AvgIpc) is 2.12. The summed E-state index contributed by atoms with van der Waals surface area (Å²) in [6, 6.07) is 1.58. The molecule has 0 saturated heterocycles. The Labute approximate surface area is 89.1 Å². The van der Waals surface area contributed by atoms with E-state index < -0.39 is 36.9 Å². The lowest BCUT2D eigenvalue weighted by molar-refractivity contribution is 0.468. The van der Waals surface area contributed by atoms with Gasteiger partial charge in [0.1, 0.15) is 5.69 Å². The van der Waals surface area contributed by atoms with E-state index in [1.807, 2.05) is 0 Å². The summed E-state index contributed by atoms with van der Waals surface area (Å²) in [7, 11) is -4.29. The first-order chi connectivity index (χ1) is 6.75. The Balaban J connectivity index is 3.35. The van der Waals surface area contributed by atoms with Gasteiger partial charge < -0.3 is 0 Å². The zero-order chi connectivity index (χ0) is 11.8. The van der Waals surface area contributed by atoms with Gasteiger partial charge >= 0.3 is 0 Å². The topological polar surface area (TPSA) is 37.4 Å². The predicted octanol–water partition coefficient (Wildman–Crippen LogP) is 2.27. The Morgan fingerprint density at radius 1 is 1.27 bits per heavy atom. The maximum Gasteiger partial charge on any atom is 0.258 e. The van der Waals surface area contributed by atoms with E-state index in [9.17, 15) is 21.7 Å². The van der Waals surface area contributed by atoms with E-state index in [0.29, 0.717) is 6.26 Å². The highest BCUT2D eigenvalue weighted by Gasteiger charge is 2.23. The van der Waals surface area contributed by atoms with Gasteiger partial charge in [-0.3, -0.25) is 0 Å². The lowest BCUT2D eigenvalue weighted by Gasteiger charge is -2.12. The molecule has 0 amide bonds. The van der Waals surface area contributed by atoms with Crippen LogP contribution < -0.4 is 4.53 Å². The summed E-state index contributed by atoms with van der Waals surface area (Å²) in [5.74, 6) is -3.16. The first kappa shape index (κ1) is 12.1. The second-order valence-electron chi connectivity index (χ2n) is 2.67. The van der Waals surface area contributed by atoms with E-state index in [-0.39, 0.29) is 0 Å². The lowest BCUT2D eigenvalue weighted by Crippen LogP contribution is -2.21. The van der Waals surface area contributed by atoms with Crippen LogP contribution in [-0.4, -0.2) is 14.7 Å². The van der Waals surface area contributed by atoms with Gasteiger partial charge in [-0.1, -0.05) is 20.6 Å². The normalized spacial score (nSPS) is 11.5. The molecule has 3 nitrogen and oxygen atoms in total. The van der Waals surface area contributed by atoms with E-state index in [2.05, 4.69) is 0 Å². The van der Waals surface area contributed by atoms with Crippen molar-refractivity contribution in [1.29, 1.82) is 0 Å². The van der Waals surface area contributed by atoms with Gasteiger partial charge in [0.25, 0.3) is 10.0 Å². The Bertz CT molecular complexity index is 491. The first-order valence-electron chi connectivity index (χ1n) is 3.54. The molecule has 8 heteroatoms. The van der Waals surface area contributed by atoms with Gasteiger partial charge in [0.2, 0.25) is 0 Å². The number of rotatable bonds is 2. The van der Waals surface area contributed by atoms with Gasteiger partial charge in [-0.05, 0) is 12.1 Å². The van der Waals surface area contributed by atoms with Gasteiger partial charge in [0, 0.05) is 0 Å². The fourth-order valence-electron chi connectivity index (χ4n) is 0.830. The molecule has 0 fully saturated rings. The van der Waals surface area contributed by atoms with Gasteiger partial charge in [0.05, 0.1) is 11.3 Å². The number of halogens is 4. The maximum absolute atomic E-state index is 13.0. The molecule has 1 aromatic carbocycles. The SMILES string of the molecule is CS(=O)(=O)N(F)c1ccc(Cl)c(F)c1F. The monoisotopic (exact) mass is 259 g/mol. The Morgan fingerprint density at radius 3 is 2.27 bits per heavy atom.